The molecule has 4 nitrogen and oxygen atoms in total. The maximum atomic E-state index is 11.4. The van der Waals surface area contributed by atoms with E-state index in [4.69, 9.17) is 9.47 Å². The van der Waals surface area contributed by atoms with Crippen LogP contribution < -0.4 is 29.6 Å². The maximum Gasteiger partial charge on any atom is 1.00 e. The average Bonchev–Trinajstić information content (AvgIpc) is 2.62. The van der Waals surface area contributed by atoms with Crippen molar-refractivity contribution in [2.24, 2.45) is 0 Å². The van der Waals surface area contributed by atoms with E-state index in [9.17, 15) is 9.59 Å². The molecule has 0 aliphatic rings. The molecule has 0 radical (unpaired) electrons. The standard InChI is InChI=1S/C21H38O4.Na.H/c1-3-5-6-7-8-9-10-11-12-13-14-15-19-25-21(23)17-16-20(22)24-18-4-2;;/h16-17H,3-15,18-19H2,1-2H3;;/q;+1;-1/b17-16-;;. The van der Waals surface area contributed by atoms with Crippen molar-refractivity contribution in [1.82, 2.24) is 0 Å². The first kappa shape index (κ1) is 27.9. The predicted octanol–water partition coefficient (Wildman–Crippen LogP) is 2.86. The van der Waals surface area contributed by atoms with Crippen molar-refractivity contribution in [1.29, 1.82) is 0 Å². The molecule has 0 N–H and O–H groups in total. The smallest absolute Gasteiger partial charge is 1.00 e. The molecule has 0 aromatic carbocycles. The first-order chi connectivity index (χ1) is 12.2. The summed E-state index contributed by atoms with van der Waals surface area (Å²) in [5.74, 6) is -0.972. The van der Waals surface area contributed by atoms with Crippen LogP contribution in [0, 0.1) is 0 Å². The second-order valence-electron chi connectivity index (χ2n) is 6.56. The second-order valence-corrected chi connectivity index (χ2v) is 6.56. The molecule has 26 heavy (non-hydrogen) atoms. The summed E-state index contributed by atoms with van der Waals surface area (Å²) in [6.07, 6.45) is 18.4. The Bertz CT molecular complexity index is 362. The third kappa shape index (κ3) is 21.7. The van der Waals surface area contributed by atoms with Crippen LogP contribution in [0.25, 0.3) is 0 Å². The molecule has 0 unspecified atom stereocenters. The van der Waals surface area contributed by atoms with Crippen LogP contribution in [0.15, 0.2) is 12.2 Å². The summed E-state index contributed by atoms with van der Waals surface area (Å²) >= 11 is 0. The van der Waals surface area contributed by atoms with Crippen LogP contribution >= 0.6 is 0 Å². The van der Waals surface area contributed by atoms with Crippen LogP contribution in [-0.2, 0) is 19.1 Å². The Hall–Kier alpha value is -0.320. The van der Waals surface area contributed by atoms with E-state index in [1.807, 2.05) is 6.92 Å². The van der Waals surface area contributed by atoms with Crippen molar-refractivity contribution >= 4 is 11.9 Å². The first-order valence-corrected chi connectivity index (χ1v) is 10.2. The van der Waals surface area contributed by atoms with E-state index in [0.29, 0.717) is 13.2 Å². The number of ether oxygens (including phenoxy) is 2. The van der Waals surface area contributed by atoms with Crippen LogP contribution in [0.3, 0.4) is 0 Å². The molecule has 0 aliphatic carbocycles. The number of unbranched alkanes of at least 4 members (excludes halogenated alkanes) is 11. The molecule has 0 aliphatic heterocycles. The molecule has 5 heteroatoms. The summed E-state index contributed by atoms with van der Waals surface area (Å²) in [6.45, 7) is 4.96. The van der Waals surface area contributed by atoms with Crippen molar-refractivity contribution in [3.05, 3.63) is 12.2 Å². The summed E-state index contributed by atoms with van der Waals surface area (Å²) in [4.78, 5) is 22.6. The van der Waals surface area contributed by atoms with Crippen LogP contribution in [0.2, 0.25) is 0 Å². The molecule has 0 aromatic rings. The van der Waals surface area contributed by atoms with Gasteiger partial charge in [-0.05, 0) is 12.8 Å². The molecule has 148 valence electrons. The summed E-state index contributed by atoms with van der Waals surface area (Å²) in [6, 6.07) is 0. The van der Waals surface area contributed by atoms with Gasteiger partial charge in [-0.25, -0.2) is 9.59 Å². The number of hydrogen-bond acceptors (Lipinski definition) is 4. The molecule has 0 saturated heterocycles. The molecule has 0 atom stereocenters. The van der Waals surface area contributed by atoms with Crippen LogP contribution in [0.1, 0.15) is 98.7 Å². The minimum Gasteiger partial charge on any atom is -1.00 e. The Kier molecular flexibility index (Phi) is 24.4. The zero-order chi connectivity index (χ0) is 18.6. The minimum atomic E-state index is -0.496. The number of rotatable bonds is 17. The number of carbonyl (C=O) groups excluding carboxylic acids is 2. The van der Waals surface area contributed by atoms with Gasteiger partial charge >= 0.3 is 41.5 Å². The summed E-state index contributed by atoms with van der Waals surface area (Å²) in [5.41, 5.74) is 0. The van der Waals surface area contributed by atoms with E-state index in [1.54, 1.807) is 0 Å². The van der Waals surface area contributed by atoms with Gasteiger partial charge in [0, 0.05) is 12.2 Å². The second kappa shape index (κ2) is 22.7. The van der Waals surface area contributed by atoms with E-state index < -0.39 is 11.9 Å². The normalized spacial score (nSPS) is 10.5. The van der Waals surface area contributed by atoms with E-state index >= 15 is 0 Å². The Morgan fingerprint density at radius 3 is 1.42 bits per heavy atom. The Labute approximate surface area is 184 Å². The predicted molar refractivity (Wildman–Crippen MR) is 104 cm³/mol. The van der Waals surface area contributed by atoms with E-state index in [-0.39, 0.29) is 31.0 Å². The maximum absolute atomic E-state index is 11.4. The van der Waals surface area contributed by atoms with Crippen LogP contribution in [0.4, 0.5) is 0 Å². The van der Waals surface area contributed by atoms with E-state index in [2.05, 4.69) is 6.92 Å². The van der Waals surface area contributed by atoms with Gasteiger partial charge in [-0.3, -0.25) is 0 Å². The first-order valence-electron chi connectivity index (χ1n) is 10.2. The quantitative estimate of drug-likeness (QED) is 0.169. The molecule has 0 bridgehead atoms. The fourth-order valence-corrected chi connectivity index (χ4v) is 2.55. The fourth-order valence-electron chi connectivity index (χ4n) is 2.55. The molecule has 0 fully saturated rings. The van der Waals surface area contributed by atoms with Gasteiger partial charge in [-0.1, -0.05) is 84.5 Å². The van der Waals surface area contributed by atoms with Crippen molar-refractivity contribution < 1.29 is 50.0 Å². The van der Waals surface area contributed by atoms with Gasteiger partial charge in [-0.15, -0.1) is 0 Å². The minimum absolute atomic E-state index is 0. The van der Waals surface area contributed by atoms with Crippen molar-refractivity contribution in [2.45, 2.75) is 97.3 Å². The number of hydrogen-bond donors (Lipinski definition) is 0. The van der Waals surface area contributed by atoms with Gasteiger partial charge in [-0.2, -0.15) is 0 Å². The molecule has 0 rings (SSSR count). The Balaban J connectivity index is -0.00000288. The van der Waals surface area contributed by atoms with Crippen LogP contribution in [0.5, 0.6) is 0 Å². The monoisotopic (exact) mass is 378 g/mol. The topological polar surface area (TPSA) is 52.6 Å². The summed E-state index contributed by atoms with van der Waals surface area (Å²) in [7, 11) is 0. The summed E-state index contributed by atoms with van der Waals surface area (Å²) in [5, 5.41) is 0. The van der Waals surface area contributed by atoms with Crippen molar-refractivity contribution in [2.75, 3.05) is 13.2 Å². The summed E-state index contributed by atoms with van der Waals surface area (Å²) < 4.78 is 9.89. The van der Waals surface area contributed by atoms with Gasteiger partial charge in [0.1, 0.15) is 0 Å². The Morgan fingerprint density at radius 2 is 1.00 bits per heavy atom. The molecule has 0 aromatic heterocycles. The third-order valence-electron chi connectivity index (χ3n) is 4.05. The Morgan fingerprint density at radius 1 is 0.615 bits per heavy atom. The SMILES string of the molecule is CCCCCCCCCCCCCCOC(=O)/C=C\C(=O)OCCC.[H-].[Na+]. The van der Waals surface area contributed by atoms with Gasteiger partial charge < -0.3 is 10.9 Å². The van der Waals surface area contributed by atoms with Gasteiger partial charge in [0.25, 0.3) is 0 Å². The van der Waals surface area contributed by atoms with Crippen molar-refractivity contribution in [3.8, 4) is 0 Å². The number of esters is 2. The third-order valence-corrected chi connectivity index (χ3v) is 4.05. The van der Waals surface area contributed by atoms with Gasteiger partial charge in [0.05, 0.1) is 13.2 Å². The molecule has 0 amide bonds. The zero-order valence-corrected chi connectivity index (χ0v) is 19.4. The van der Waals surface area contributed by atoms with Crippen molar-refractivity contribution in [3.63, 3.8) is 0 Å². The molecule has 0 heterocycles. The van der Waals surface area contributed by atoms with E-state index in [0.717, 1.165) is 31.4 Å². The van der Waals surface area contributed by atoms with Gasteiger partial charge in [0.2, 0.25) is 0 Å². The number of carbonyl (C=O) groups is 2. The molecule has 0 saturated carbocycles. The largest absolute Gasteiger partial charge is 1.00 e. The average molecular weight is 379 g/mol. The van der Waals surface area contributed by atoms with E-state index in [1.165, 1.54) is 64.2 Å². The molecular weight excluding hydrogens is 339 g/mol. The molecular formula is C21H39NaO4. The zero-order valence-electron chi connectivity index (χ0n) is 18.4. The molecule has 0 spiro atoms. The van der Waals surface area contributed by atoms with Crippen LogP contribution in [-0.4, -0.2) is 25.2 Å². The van der Waals surface area contributed by atoms with Gasteiger partial charge in [0.15, 0.2) is 0 Å². The fraction of sp³-hybridized carbons (Fsp3) is 0.810.